The average Bonchev–Trinajstić information content (AvgIpc) is 2.25. The van der Waals surface area contributed by atoms with Crippen molar-refractivity contribution < 1.29 is 13.5 Å². The highest BCUT2D eigenvalue weighted by molar-refractivity contribution is 5.26. The largest absolute Gasteiger partial charge is 0.370 e. The summed E-state index contributed by atoms with van der Waals surface area (Å²) in [6.07, 6.45) is -2.76. The van der Waals surface area contributed by atoms with Crippen LogP contribution >= 0.6 is 0 Å². The van der Waals surface area contributed by atoms with Crippen LogP contribution in [-0.4, -0.2) is 12.6 Å². The van der Waals surface area contributed by atoms with Crippen molar-refractivity contribution in [3.8, 4) is 0 Å². The highest BCUT2D eigenvalue weighted by Gasteiger charge is 2.14. The molecule has 1 rings (SSSR count). The Labute approximate surface area is 94.4 Å². The molecule has 0 amide bonds. The Balaban J connectivity index is 2.87. The standard InChI is InChI=1S/C12H17F2NO/c1-8(2)16-11(7-15)9-4-3-5-10(6-9)12(13)14/h3-6,8,11-12H,7,15H2,1-2H3. The number of ether oxygens (including phenoxy) is 1. The molecule has 0 aliphatic carbocycles. The Bertz CT molecular complexity index is 329. The summed E-state index contributed by atoms with van der Waals surface area (Å²) in [6.45, 7) is 4.06. The van der Waals surface area contributed by atoms with Gasteiger partial charge in [-0.15, -0.1) is 0 Å². The third kappa shape index (κ3) is 3.54. The van der Waals surface area contributed by atoms with Crippen LogP contribution < -0.4 is 5.73 Å². The Morgan fingerprint density at radius 3 is 2.38 bits per heavy atom. The van der Waals surface area contributed by atoms with E-state index in [9.17, 15) is 8.78 Å². The SMILES string of the molecule is CC(C)OC(CN)c1cccc(C(F)F)c1. The third-order valence-corrected chi connectivity index (χ3v) is 2.18. The Morgan fingerprint density at radius 2 is 1.88 bits per heavy atom. The van der Waals surface area contributed by atoms with Crippen LogP contribution in [0.4, 0.5) is 8.78 Å². The van der Waals surface area contributed by atoms with Crippen LogP contribution in [-0.2, 0) is 4.74 Å². The Morgan fingerprint density at radius 1 is 1.25 bits per heavy atom. The molecular formula is C12H17F2NO. The number of hydrogen-bond donors (Lipinski definition) is 1. The van der Waals surface area contributed by atoms with Gasteiger partial charge in [0.05, 0.1) is 12.2 Å². The molecule has 0 saturated carbocycles. The zero-order valence-corrected chi connectivity index (χ0v) is 9.49. The van der Waals surface area contributed by atoms with Crippen molar-refractivity contribution >= 4 is 0 Å². The molecular weight excluding hydrogens is 212 g/mol. The molecule has 1 aromatic rings. The minimum absolute atomic E-state index is 0.00306. The van der Waals surface area contributed by atoms with E-state index >= 15 is 0 Å². The van der Waals surface area contributed by atoms with E-state index < -0.39 is 6.43 Å². The molecule has 1 atom stereocenters. The fraction of sp³-hybridized carbons (Fsp3) is 0.500. The molecule has 2 nitrogen and oxygen atoms in total. The van der Waals surface area contributed by atoms with E-state index in [1.54, 1.807) is 12.1 Å². The first-order valence-electron chi connectivity index (χ1n) is 5.28. The minimum Gasteiger partial charge on any atom is -0.370 e. The predicted molar refractivity (Wildman–Crippen MR) is 59.4 cm³/mol. The quantitative estimate of drug-likeness (QED) is 0.842. The first-order valence-corrected chi connectivity index (χ1v) is 5.28. The minimum atomic E-state index is -2.46. The smallest absolute Gasteiger partial charge is 0.263 e. The summed E-state index contributed by atoms with van der Waals surface area (Å²) < 4.78 is 30.6. The second kappa shape index (κ2) is 5.92. The maximum Gasteiger partial charge on any atom is 0.263 e. The van der Waals surface area contributed by atoms with Gasteiger partial charge in [-0.3, -0.25) is 0 Å². The van der Waals surface area contributed by atoms with Crippen LogP contribution in [0.2, 0.25) is 0 Å². The van der Waals surface area contributed by atoms with Crippen molar-refractivity contribution in [3.63, 3.8) is 0 Å². The molecule has 0 heterocycles. The molecule has 0 fully saturated rings. The van der Waals surface area contributed by atoms with E-state index in [1.165, 1.54) is 12.1 Å². The van der Waals surface area contributed by atoms with Crippen LogP contribution in [0.3, 0.4) is 0 Å². The van der Waals surface area contributed by atoms with Gasteiger partial charge in [0.15, 0.2) is 0 Å². The molecule has 0 saturated heterocycles. The van der Waals surface area contributed by atoms with Crippen molar-refractivity contribution in [2.75, 3.05) is 6.54 Å². The van der Waals surface area contributed by atoms with Gasteiger partial charge in [-0.25, -0.2) is 8.78 Å². The molecule has 4 heteroatoms. The van der Waals surface area contributed by atoms with E-state index in [0.717, 1.165) is 0 Å². The number of hydrogen-bond acceptors (Lipinski definition) is 2. The van der Waals surface area contributed by atoms with Crippen LogP contribution in [0.15, 0.2) is 24.3 Å². The van der Waals surface area contributed by atoms with Gasteiger partial charge in [-0.1, -0.05) is 18.2 Å². The molecule has 2 N–H and O–H groups in total. The highest BCUT2D eigenvalue weighted by atomic mass is 19.3. The Kier molecular flexibility index (Phi) is 4.83. The van der Waals surface area contributed by atoms with Crippen LogP contribution in [0.5, 0.6) is 0 Å². The lowest BCUT2D eigenvalue weighted by Crippen LogP contribution is -2.19. The van der Waals surface area contributed by atoms with Crippen LogP contribution in [0.25, 0.3) is 0 Å². The molecule has 0 radical (unpaired) electrons. The number of nitrogens with two attached hydrogens (primary N) is 1. The van der Waals surface area contributed by atoms with Crippen LogP contribution in [0, 0.1) is 0 Å². The van der Waals surface area contributed by atoms with Gasteiger partial charge in [-0.2, -0.15) is 0 Å². The first kappa shape index (κ1) is 13.1. The number of alkyl halides is 2. The van der Waals surface area contributed by atoms with Gasteiger partial charge in [-0.05, 0) is 25.5 Å². The van der Waals surface area contributed by atoms with Gasteiger partial charge in [0.1, 0.15) is 0 Å². The topological polar surface area (TPSA) is 35.2 Å². The van der Waals surface area contributed by atoms with Gasteiger partial charge < -0.3 is 10.5 Å². The summed E-state index contributed by atoms with van der Waals surface area (Å²) >= 11 is 0. The number of halogens is 2. The second-order valence-electron chi connectivity index (χ2n) is 3.88. The molecule has 1 aromatic carbocycles. The molecule has 1 unspecified atom stereocenters. The second-order valence-corrected chi connectivity index (χ2v) is 3.88. The summed E-state index contributed by atoms with van der Waals surface area (Å²) in [6, 6.07) is 6.21. The summed E-state index contributed by atoms with van der Waals surface area (Å²) in [5.74, 6) is 0. The summed E-state index contributed by atoms with van der Waals surface area (Å²) in [7, 11) is 0. The van der Waals surface area contributed by atoms with Crippen molar-refractivity contribution in [2.45, 2.75) is 32.5 Å². The molecule has 0 aliphatic heterocycles. The number of benzene rings is 1. The third-order valence-electron chi connectivity index (χ3n) is 2.18. The molecule has 0 aliphatic rings. The van der Waals surface area contributed by atoms with Crippen molar-refractivity contribution in [1.82, 2.24) is 0 Å². The first-order chi connectivity index (χ1) is 7.54. The van der Waals surface area contributed by atoms with E-state index in [0.29, 0.717) is 5.56 Å². The van der Waals surface area contributed by atoms with Gasteiger partial charge in [0, 0.05) is 12.1 Å². The molecule has 0 aromatic heterocycles. The molecule has 16 heavy (non-hydrogen) atoms. The average molecular weight is 229 g/mol. The Hall–Kier alpha value is -1.00. The molecule has 90 valence electrons. The summed E-state index contributed by atoms with van der Waals surface area (Å²) in [5.41, 5.74) is 6.27. The molecule has 0 spiro atoms. The molecule has 0 bridgehead atoms. The predicted octanol–water partition coefficient (Wildman–Crippen LogP) is 3.05. The maximum atomic E-state index is 12.5. The van der Waals surface area contributed by atoms with E-state index in [4.69, 9.17) is 10.5 Å². The normalized spacial score (nSPS) is 13.4. The lowest BCUT2D eigenvalue weighted by Gasteiger charge is -2.19. The number of rotatable bonds is 5. The van der Waals surface area contributed by atoms with Crippen LogP contribution in [0.1, 0.15) is 37.5 Å². The maximum absolute atomic E-state index is 12.5. The van der Waals surface area contributed by atoms with E-state index in [1.807, 2.05) is 13.8 Å². The fourth-order valence-corrected chi connectivity index (χ4v) is 1.49. The summed E-state index contributed by atoms with van der Waals surface area (Å²) in [5, 5.41) is 0. The lowest BCUT2D eigenvalue weighted by atomic mass is 10.1. The van der Waals surface area contributed by atoms with Gasteiger partial charge in [0.25, 0.3) is 6.43 Å². The van der Waals surface area contributed by atoms with Gasteiger partial charge >= 0.3 is 0 Å². The van der Waals surface area contributed by atoms with Crippen molar-refractivity contribution in [2.24, 2.45) is 5.73 Å². The zero-order valence-electron chi connectivity index (χ0n) is 9.49. The monoisotopic (exact) mass is 229 g/mol. The van der Waals surface area contributed by atoms with Crippen molar-refractivity contribution in [1.29, 1.82) is 0 Å². The zero-order chi connectivity index (χ0) is 12.1. The van der Waals surface area contributed by atoms with Gasteiger partial charge in [0.2, 0.25) is 0 Å². The highest BCUT2D eigenvalue weighted by Crippen LogP contribution is 2.24. The van der Waals surface area contributed by atoms with Crippen molar-refractivity contribution in [3.05, 3.63) is 35.4 Å². The van der Waals surface area contributed by atoms with E-state index in [2.05, 4.69) is 0 Å². The summed E-state index contributed by atoms with van der Waals surface area (Å²) in [4.78, 5) is 0. The van der Waals surface area contributed by atoms with E-state index in [-0.39, 0.29) is 24.3 Å². The lowest BCUT2D eigenvalue weighted by molar-refractivity contribution is 0.0118. The fourth-order valence-electron chi connectivity index (χ4n) is 1.49.